The molecule has 0 radical (unpaired) electrons. The van der Waals surface area contributed by atoms with Crippen LogP contribution in [0.4, 0.5) is 5.95 Å². The fraction of sp³-hybridized carbons (Fsp3) is 0.273. The van der Waals surface area contributed by atoms with E-state index in [9.17, 15) is 4.79 Å². The third kappa shape index (κ3) is 4.03. The lowest BCUT2D eigenvalue weighted by Crippen LogP contribution is -2.26. The normalized spacial score (nSPS) is 15.3. The number of rotatable bonds is 4. The summed E-state index contributed by atoms with van der Waals surface area (Å²) in [5, 5.41) is 15.7. The van der Waals surface area contributed by atoms with Crippen LogP contribution in [0.2, 0.25) is 0 Å². The summed E-state index contributed by atoms with van der Waals surface area (Å²) < 4.78 is 5.81. The van der Waals surface area contributed by atoms with Gasteiger partial charge in [0.1, 0.15) is 5.75 Å². The lowest BCUT2D eigenvalue weighted by atomic mass is 9.79. The van der Waals surface area contributed by atoms with Crippen LogP contribution in [0.5, 0.6) is 5.75 Å². The van der Waals surface area contributed by atoms with E-state index in [1.807, 2.05) is 12.1 Å². The molecule has 148 valence electrons. The highest BCUT2D eigenvalue weighted by molar-refractivity contribution is 6.03. The van der Waals surface area contributed by atoms with E-state index in [4.69, 9.17) is 4.74 Å². The van der Waals surface area contributed by atoms with Gasteiger partial charge in [0.25, 0.3) is 11.9 Å². The van der Waals surface area contributed by atoms with E-state index in [1.54, 1.807) is 12.1 Å². The van der Waals surface area contributed by atoms with Crippen LogP contribution >= 0.6 is 0 Å². The molecule has 0 aliphatic carbocycles. The van der Waals surface area contributed by atoms with E-state index in [2.05, 4.69) is 71.0 Å². The molecule has 2 aromatic carbocycles. The van der Waals surface area contributed by atoms with Crippen molar-refractivity contribution in [2.24, 2.45) is 0 Å². The summed E-state index contributed by atoms with van der Waals surface area (Å²) in [6.45, 7) is 7.38. The summed E-state index contributed by atoms with van der Waals surface area (Å²) >= 11 is 0. The standard InChI is InChI=1S/C22H23N5O2/c1-14(17-8-9-19-18(13-17)22(2,3)10-11-29-19)12-15-4-6-16(7-5-15)20(28)23-21-24-26-27-25-21/h4-9,12-13H,10-11H2,1-3H3,(H2,23,24,25,26,27,28)/b14-12+. The van der Waals surface area contributed by atoms with E-state index in [0.717, 1.165) is 29.9 Å². The number of hydrogen-bond acceptors (Lipinski definition) is 5. The molecule has 3 aromatic rings. The van der Waals surface area contributed by atoms with Crippen LogP contribution in [0.3, 0.4) is 0 Å². The number of ether oxygens (including phenoxy) is 1. The first-order valence-electron chi connectivity index (χ1n) is 9.53. The maximum Gasteiger partial charge on any atom is 0.270 e. The van der Waals surface area contributed by atoms with Crippen molar-refractivity contribution in [3.8, 4) is 5.75 Å². The number of hydrogen-bond donors (Lipinski definition) is 2. The molecule has 0 bridgehead atoms. The number of tetrazole rings is 1. The number of carbonyl (C=O) groups is 1. The molecule has 0 fully saturated rings. The first-order chi connectivity index (χ1) is 13.9. The largest absolute Gasteiger partial charge is 0.493 e. The number of aromatic amines is 1. The predicted octanol–water partition coefficient (Wildman–Crippen LogP) is 4.07. The molecule has 7 heteroatoms. The van der Waals surface area contributed by atoms with Gasteiger partial charge in [-0.1, -0.05) is 43.2 Å². The fourth-order valence-corrected chi connectivity index (χ4v) is 3.43. The predicted molar refractivity (Wildman–Crippen MR) is 112 cm³/mol. The van der Waals surface area contributed by atoms with Gasteiger partial charge in [0.05, 0.1) is 6.61 Å². The van der Waals surface area contributed by atoms with Crippen LogP contribution in [-0.2, 0) is 5.41 Å². The van der Waals surface area contributed by atoms with E-state index < -0.39 is 0 Å². The molecule has 1 amide bonds. The third-order valence-corrected chi connectivity index (χ3v) is 5.28. The Hall–Kier alpha value is -3.48. The summed E-state index contributed by atoms with van der Waals surface area (Å²) in [5.41, 5.74) is 5.23. The Morgan fingerprint density at radius 2 is 1.93 bits per heavy atom. The van der Waals surface area contributed by atoms with Gasteiger partial charge in [0.15, 0.2) is 0 Å². The Balaban J connectivity index is 1.53. The van der Waals surface area contributed by atoms with E-state index in [1.165, 1.54) is 11.1 Å². The molecule has 0 saturated heterocycles. The van der Waals surface area contributed by atoms with E-state index in [-0.39, 0.29) is 17.3 Å². The molecule has 0 spiro atoms. The number of allylic oxidation sites excluding steroid dienone is 1. The second-order valence-electron chi connectivity index (χ2n) is 7.83. The van der Waals surface area contributed by atoms with Crippen molar-refractivity contribution in [3.05, 3.63) is 64.7 Å². The number of nitrogens with zero attached hydrogens (tertiary/aromatic N) is 3. The van der Waals surface area contributed by atoms with Crippen LogP contribution in [0.15, 0.2) is 42.5 Å². The van der Waals surface area contributed by atoms with Gasteiger partial charge in [0.2, 0.25) is 0 Å². The Kier molecular flexibility index (Phi) is 4.88. The maximum atomic E-state index is 12.2. The molecule has 4 rings (SSSR count). The number of benzene rings is 2. The van der Waals surface area contributed by atoms with Crippen molar-refractivity contribution >= 4 is 23.5 Å². The number of fused-ring (bicyclic) bond motifs is 1. The summed E-state index contributed by atoms with van der Waals surface area (Å²) in [7, 11) is 0. The minimum absolute atomic E-state index is 0.109. The first kappa shape index (κ1) is 18.9. The molecule has 29 heavy (non-hydrogen) atoms. The lowest BCUT2D eigenvalue weighted by Gasteiger charge is -2.32. The molecule has 0 saturated carbocycles. The van der Waals surface area contributed by atoms with Crippen molar-refractivity contribution in [2.75, 3.05) is 11.9 Å². The Labute approximate surface area is 169 Å². The summed E-state index contributed by atoms with van der Waals surface area (Å²) in [4.78, 5) is 12.2. The van der Waals surface area contributed by atoms with Gasteiger partial charge in [-0.25, -0.2) is 0 Å². The van der Waals surface area contributed by atoms with Gasteiger partial charge >= 0.3 is 0 Å². The van der Waals surface area contributed by atoms with Crippen LogP contribution < -0.4 is 10.1 Å². The van der Waals surface area contributed by atoms with Crippen molar-refractivity contribution in [2.45, 2.75) is 32.6 Å². The minimum atomic E-state index is -0.282. The van der Waals surface area contributed by atoms with Gasteiger partial charge in [-0.15, -0.1) is 5.10 Å². The lowest BCUT2D eigenvalue weighted by molar-refractivity contribution is 0.102. The van der Waals surface area contributed by atoms with Gasteiger partial charge in [0, 0.05) is 11.1 Å². The zero-order chi connectivity index (χ0) is 20.4. The van der Waals surface area contributed by atoms with E-state index in [0.29, 0.717) is 5.56 Å². The number of H-pyrrole nitrogens is 1. The molecule has 7 nitrogen and oxygen atoms in total. The highest BCUT2D eigenvalue weighted by Gasteiger charge is 2.28. The van der Waals surface area contributed by atoms with Gasteiger partial charge in [-0.2, -0.15) is 5.21 Å². The Morgan fingerprint density at radius 3 is 2.66 bits per heavy atom. The molecule has 2 N–H and O–H groups in total. The molecule has 1 aromatic heterocycles. The highest BCUT2D eigenvalue weighted by Crippen LogP contribution is 2.39. The number of nitrogens with one attached hydrogen (secondary N) is 2. The molecular weight excluding hydrogens is 366 g/mol. The van der Waals surface area contributed by atoms with Crippen LogP contribution in [0.25, 0.3) is 11.6 Å². The second-order valence-corrected chi connectivity index (χ2v) is 7.83. The Bertz CT molecular complexity index is 1050. The number of carbonyl (C=O) groups excluding carboxylic acids is 1. The van der Waals surface area contributed by atoms with Crippen molar-refractivity contribution < 1.29 is 9.53 Å². The molecular formula is C22H23N5O2. The van der Waals surface area contributed by atoms with E-state index >= 15 is 0 Å². The van der Waals surface area contributed by atoms with Gasteiger partial charge in [-0.3, -0.25) is 10.1 Å². The number of anilines is 1. The zero-order valence-corrected chi connectivity index (χ0v) is 16.7. The van der Waals surface area contributed by atoms with Gasteiger partial charge < -0.3 is 4.74 Å². The average molecular weight is 389 g/mol. The minimum Gasteiger partial charge on any atom is -0.493 e. The highest BCUT2D eigenvalue weighted by atomic mass is 16.5. The summed E-state index contributed by atoms with van der Waals surface area (Å²) in [5.74, 6) is 0.847. The van der Waals surface area contributed by atoms with Crippen LogP contribution in [0, 0.1) is 0 Å². The average Bonchev–Trinajstić information content (AvgIpc) is 3.21. The molecule has 0 atom stereocenters. The maximum absolute atomic E-state index is 12.2. The molecule has 1 aliphatic heterocycles. The molecule has 2 heterocycles. The van der Waals surface area contributed by atoms with Crippen molar-refractivity contribution in [3.63, 3.8) is 0 Å². The zero-order valence-electron chi connectivity index (χ0n) is 16.7. The third-order valence-electron chi connectivity index (χ3n) is 5.28. The molecule has 0 unspecified atom stereocenters. The summed E-state index contributed by atoms with van der Waals surface area (Å²) in [6, 6.07) is 13.8. The quantitative estimate of drug-likeness (QED) is 0.656. The van der Waals surface area contributed by atoms with Gasteiger partial charge in [-0.05, 0) is 64.9 Å². The second kappa shape index (κ2) is 7.50. The number of aromatic nitrogens is 4. The SMILES string of the molecule is C/C(=C\c1ccc(C(=O)Nc2nn[nH]n2)cc1)c1ccc2c(c1)C(C)(C)CCO2. The van der Waals surface area contributed by atoms with Crippen LogP contribution in [0.1, 0.15) is 54.2 Å². The number of amides is 1. The topological polar surface area (TPSA) is 92.8 Å². The molecule has 1 aliphatic rings. The smallest absolute Gasteiger partial charge is 0.270 e. The van der Waals surface area contributed by atoms with Crippen molar-refractivity contribution in [1.29, 1.82) is 0 Å². The fourth-order valence-electron chi connectivity index (χ4n) is 3.43. The summed E-state index contributed by atoms with van der Waals surface area (Å²) in [6.07, 6.45) is 3.12. The first-order valence-corrected chi connectivity index (χ1v) is 9.53. The van der Waals surface area contributed by atoms with Crippen LogP contribution in [-0.4, -0.2) is 33.1 Å². The monoisotopic (exact) mass is 389 g/mol. The Morgan fingerprint density at radius 1 is 1.17 bits per heavy atom. The van der Waals surface area contributed by atoms with Crippen molar-refractivity contribution in [1.82, 2.24) is 20.6 Å².